The summed E-state index contributed by atoms with van der Waals surface area (Å²) in [5, 5.41) is 12.1. The van der Waals surface area contributed by atoms with Gasteiger partial charge < -0.3 is 21.1 Å². The minimum atomic E-state index is 0.209. The van der Waals surface area contributed by atoms with Gasteiger partial charge in [-0.2, -0.15) is 9.97 Å². The quantitative estimate of drug-likeness (QED) is 0.563. The number of aromatic amines is 1. The number of nitrogens with zero attached hydrogens (tertiary/aromatic N) is 3. The minimum Gasteiger partial charge on any atom is -0.396 e. The van der Waals surface area contributed by atoms with Gasteiger partial charge in [0.25, 0.3) is 0 Å². The van der Waals surface area contributed by atoms with E-state index < -0.39 is 0 Å². The van der Waals surface area contributed by atoms with Crippen LogP contribution in [0.1, 0.15) is 19.8 Å². The SMILES string of the molecule is CC(CO)CCCNc1nc(N)nc2nc[nH]c12. The summed E-state index contributed by atoms with van der Waals surface area (Å²) in [6.07, 6.45) is 3.50. The van der Waals surface area contributed by atoms with E-state index in [0.717, 1.165) is 24.9 Å². The molecule has 1 atom stereocenters. The number of H-pyrrole nitrogens is 1. The number of fused-ring (bicyclic) bond motifs is 1. The Morgan fingerprint density at radius 1 is 1.50 bits per heavy atom. The number of nitrogens with two attached hydrogens (primary N) is 1. The van der Waals surface area contributed by atoms with Crippen molar-refractivity contribution in [3.05, 3.63) is 6.33 Å². The van der Waals surface area contributed by atoms with Gasteiger partial charge in [0.1, 0.15) is 5.52 Å². The Bertz CT molecular complexity index is 511. The molecule has 0 aromatic carbocycles. The second kappa shape index (κ2) is 5.63. The highest BCUT2D eigenvalue weighted by atomic mass is 16.3. The Hall–Kier alpha value is -1.89. The zero-order valence-electron chi connectivity index (χ0n) is 10.3. The van der Waals surface area contributed by atoms with E-state index >= 15 is 0 Å². The molecule has 7 heteroatoms. The van der Waals surface area contributed by atoms with Gasteiger partial charge in [0.05, 0.1) is 6.33 Å². The number of aliphatic hydroxyl groups is 1. The molecule has 7 nitrogen and oxygen atoms in total. The maximum Gasteiger partial charge on any atom is 0.224 e. The lowest BCUT2D eigenvalue weighted by atomic mass is 10.1. The average Bonchev–Trinajstić information content (AvgIpc) is 2.81. The van der Waals surface area contributed by atoms with Crippen molar-refractivity contribution in [2.45, 2.75) is 19.8 Å². The molecule has 98 valence electrons. The van der Waals surface area contributed by atoms with Crippen LogP contribution in [0.2, 0.25) is 0 Å². The second-order valence-corrected chi connectivity index (χ2v) is 4.39. The van der Waals surface area contributed by atoms with Gasteiger partial charge in [0, 0.05) is 13.2 Å². The maximum absolute atomic E-state index is 8.93. The summed E-state index contributed by atoms with van der Waals surface area (Å²) in [5.41, 5.74) is 6.94. The smallest absolute Gasteiger partial charge is 0.224 e. The fourth-order valence-corrected chi connectivity index (χ4v) is 1.73. The molecule has 2 aromatic rings. The van der Waals surface area contributed by atoms with Gasteiger partial charge in [-0.15, -0.1) is 0 Å². The molecule has 0 bridgehead atoms. The predicted octanol–water partition coefficient (Wildman–Crippen LogP) is 0.756. The molecule has 2 aromatic heterocycles. The van der Waals surface area contributed by atoms with E-state index in [4.69, 9.17) is 10.8 Å². The Morgan fingerprint density at radius 2 is 2.33 bits per heavy atom. The number of rotatable bonds is 6. The topological polar surface area (TPSA) is 113 Å². The van der Waals surface area contributed by atoms with Gasteiger partial charge in [-0.25, -0.2) is 4.98 Å². The highest BCUT2D eigenvalue weighted by molar-refractivity contribution is 5.83. The molecule has 2 heterocycles. The molecule has 0 spiro atoms. The van der Waals surface area contributed by atoms with Crippen molar-refractivity contribution in [2.75, 3.05) is 24.2 Å². The van der Waals surface area contributed by atoms with E-state index in [1.807, 2.05) is 6.92 Å². The highest BCUT2D eigenvalue weighted by Gasteiger charge is 2.07. The van der Waals surface area contributed by atoms with Crippen molar-refractivity contribution in [2.24, 2.45) is 5.92 Å². The second-order valence-electron chi connectivity index (χ2n) is 4.39. The Balaban J connectivity index is 1.97. The van der Waals surface area contributed by atoms with Crippen LogP contribution in [-0.2, 0) is 0 Å². The lowest BCUT2D eigenvalue weighted by Crippen LogP contribution is -2.09. The number of hydrogen-bond donors (Lipinski definition) is 4. The van der Waals surface area contributed by atoms with Crippen molar-refractivity contribution >= 4 is 22.9 Å². The third-order valence-electron chi connectivity index (χ3n) is 2.78. The van der Waals surface area contributed by atoms with Crippen molar-refractivity contribution in [3.63, 3.8) is 0 Å². The summed E-state index contributed by atoms with van der Waals surface area (Å²) in [7, 11) is 0. The summed E-state index contributed by atoms with van der Waals surface area (Å²) in [6.45, 7) is 3.02. The summed E-state index contributed by atoms with van der Waals surface area (Å²) in [5.74, 6) is 1.21. The highest BCUT2D eigenvalue weighted by Crippen LogP contribution is 2.17. The van der Waals surface area contributed by atoms with E-state index in [1.54, 1.807) is 6.33 Å². The molecule has 0 aliphatic rings. The van der Waals surface area contributed by atoms with E-state index in [-0.39, 0.29) is 12.6 Å². The van der Waals surface area contributed by atoms with Gasteiger partial charge in [-0.3, -0.25) is 0 Å². The van der Waals surface area contributed by atoms with E-state index in [9.17, 15) is 0 Å². The molecular formula is C11H18N6O. The van der Waals surface area contributed by atoms with E-state index in [0.29, 0.717) is 17.4 Å². The molecule has 0 aliphatic heterocycles. The van der Waals surface area contributed by atoms with Gasteiger partial charge in [-0.1, -0.05) is 6.92 Å². The Morgan fingerprint density at radius 3 is 3.11 bits per heavy atom. The number of hydrogen-bond acceptors (Lipinski definition) is 6. The van der Waals surface area contributed by atoms with Gasteiger partial charge >= 0.3 is 0 Å². The van der Waals surface area contributed by atoms with Crippen LogP contribution in [0, 0.1) is 5.92 Å². The predicted molar refractivity (Wildman–Crippen MR) is 70.1 cm³/mol. The molecule has 2 rings (SSSR count). The third-order valence-corrected chi connectivity index (χ3v) is 2.78. The largest absolute Gasteiger partial charge is 0.396 e. The number of imidazole rings is 1. The van der Waals surface area contributed by atoms with Crippen LogP contribution in [-0.4, -0.2) is 38.2 Å². The molecule has 0 saturated heterocycles. The van der Waals surface area contributed by atoms with Crippen LogP contribution in [0.5, 0.6) is 0 Å². The zero-order chi connectivity index (χ0) is 13.0. The molecule has 5 N–H and O–H groups in total. The summed E-state index contributed by atoms with van der Waals surface area (Å²) in [6, 6.07) is 0. The average molecular weight is 250 g/mol. The molecule has 0 radical (unpaired) electrons. The van der Waals surface area contributed by atoms with Crippen LogP contribution in [0.4, 0.5) is 11.8 Å². The van der Waals surface area contributed by atoms with Crippen LogP contribution in [0.25, 0.3) is 11.2 Å². The number of aliphatic hydroxyl groups excluding tert-OH is 1. The first-order valence-electron chi connectivity index (χ1n) is 6.02. The zero-order valence-corrected chi connectivity index (χ0v) is 10.3. The van der Waals surface area contributed by atoms with Crippen molar-refractivity contribution in [1.82, 2.24) is 19.9 Å². The van der Waals surface area contributed by atoms with E-state index in [2.05, 4.69) is 25.3 Å². The van der Waals surface area contributed by atoms with Crippen molar-refractivity contribution < 1.29 is 5.11 Å². The first kappa shape index (κ1) is 12.6. The monoisotopic (exact) mass is 250 g/mol. The van der Waals surface area contributed by atoms with Crippen molar-refractivity contribution in [3.8, 4) is 0 Å². The molecule has 0 saturated carbocycles. The van der Waals surface area contributed by atoms with Gasteiger partial charge in [-0.05, 0) is 18.8 Å². The fraction of sp³-hybridized carbons (Fsp3) is 0.545. The number of anilines is 2. The van der Waals surface area contributed by atoms with Gasteiger partial charge in [0.2, 0.25) is 5.95 Å². The number of nitrogens with one attached hydrogen (secondary N) is 2. The molecule has 0 aliphatic carbocycles. The fourth-order valence-electron chi connectivity index (χ4n) is 1.73. The molecule has 0 amide bonds. The molecule has 1 unspecified atom stereocenters. The summed E-state index contributed by atoms with van der Waals surface area (Å²) in [4.78, 5) is 15.2. The van der Waals surface area contributed by atoms with E-state index in [1.165, 1.54) is 0 Å². The van der Waals surface area contributed by atoms with Crippen LogP contribution in [0.3, 0.4) is 0 Å². The first-order chi connectivity index (χ1) is 8.70. The first-order valence-corrected chi connectivity index (χ1v) is 6.02. The normalized spacial score (nSPS) is 12.8. The minimum absolute atomic E-state index is 0.209. The summed E-state index contributed by atoms with van der Waals surface area (Å²) >= 11 is 0. The Kier molecular flexibility index (Phi) is 3.93. The lowest BCUT2D eigenvalue weighted by Gasteiger charge is -2.09. The third kappa shape index (κ3) is 2.86. The Labute approximate surface area is 105 Å². The van der Waals surface area contributed by atoms with Crippen LogP contribution in [0.15, 0.2) is 6.33 Å². The van der Waals surface area contributed by atoms with Crippen molar-refractivity contribution in [1.29, 1.82) is 0 Å². The maximum atomic E-state index is 8.93. The number of nitrogen functional groups attached to an aromatic ring is 1. The van der Waals surface area contributed by atoms with Gasteiger partial charge in [0.15, 0.2) is 11.5 Å². The van der Waals surface area contributed by atoms with Crippen LogP contribution < -0.4 is 11.1 Å². The summed E-state index contributed by atoms with van der Waals surface area (Å²) < 4.78 is 0. The molecule has 0 fully saturated rings. The lowest BCUT2D eigenvalue weighted by molar-refractivity contribution is 0.229. The standard InChI is InChI=1S/C11H18N6O/c1-7(5-18)3-2-4-13-9-8-10(15-6-14-8)17-11(12)16-9/h6-7,18H,2-5H2,1H3,(H4,12,13,14,15,16,17). The molecule has 18 heavy (non-hydrogen) atoms. The van der Waals surface area contributed by atoms with Crippen LogP contribution >= 0.6 is 0 Å². The number of aromatic nitrogens is 4. The molecular weight excluding hydrogens is 232 g/mol.